The Morgan fingerprint density at radius 3 is 2.27 bits per heavy atom. The number of thioether (sulfide) groups is 1. The van der Waals surface area contributed by atoms with Gasteiger partial charge in [0, 0.05) is 11.3 Å². The van der Waals surface area contributed by atoms with Gasteiger partial charge in [0.25, 0.3) is 5.78 Å². The van der Waals surface area contributed by atoms with Crippen LogP contribution in [0.15, 0.2) is 82.7 Å². The molecule has 40 heavy (non-hydrogen) atoms. The molecule has 0 radical (unpaired) electrons. The fourth-order valence-electron chi connectivity index (χ4n) is 4.50. The van der Waals surface area contributed by atoms with Crippen molar-refractivity contribution in [2.75, 3.05) is 11.5 Å². The Morgan fingerprint density at radius 1 is 0.950 bits per heavy atom. The summed E-state index contributed by atoms with van der Waals surface area (Å²) in [5, 5.41) is 20.3. The molecule has 4 aromatic rings. The standard InChI is InChI=1S/C31H29N3O4S2/c1-4-20-10-12-22(13-11-20)26-25(27(35)23-14-16-24(17-15-23)38-5-2)28(36)29(37)34(26)30-32-33-31(40-30)39-18-21-8-6-19(3)7-9-21/h6-17,26,35H,4-5,18H2,1-3H3/b27-25-. The van der Waals surface area contributed by atoms with Gasteiger partial charge in [0.05, 0.1) is 18.2 Å². The van der Waals surface area contributed by atoms with Gasteiger partial charge >= 0.3 is 5.91 Å². The van der Waals surface area contributed by atoms with Gasteiger partial charge in [-0.25, -0.2) is 0 Å². The average Bonchev–Trinajstić information content (AvgIpc) is 3.55. The van der Waals surface area contributed by atoms with E-state index in [9.17, 15) is 14.7 Å². The van der Waals surface area contributed by atoms with E-state index in [4.69, 9.17) is 4.74 Å². The molecule has 0 bridgehead atoms. The van der Waals surface area contributed by atoms with Crippen LogP contribution in [0.1, 0.15) is 47.7 Å². The first-order chi connectivity index (χ1) is 19.4. The maximum absolute atomic E-state index is 13.5. The molecule has 1 fully saturated rings. The first-order valence-electron chi connectivity index (χ1n) is 13.0. The summed E-state index contributed by atoms with van der Waals surface area (Å²) in [6.07, 6.45) is 0.852. The van der Waals surface area contributed by atoms with Gasteiger partial charge in [-0.3, -0.25) is 14.5 Å². The summed E-state index contributed by atoms with van der Waals surface area (Å²) < 4.78 is 6.19. The highest BCUT2D eigenvalue weighted by Gasteiger charge is 2.48. The van der Waals surface area contributed by atoms with E-state index in [1.165, 1.54) is 33.6 Å². The van der Waals surface area contributed by atoms with Crippen molar-refractivity contribution in [1.29, 1.82) is 0 Å². The van der Waals surface area contributed by atoms with Crippen LogP contribution in [0.4, 0.5) is 5.13 Å². The number of rotatable bonds is 9. The maximum atomic E-state index is 13.5. The minimum Gasteiger partial charge on any atom is -0.507 e. The van der Waals surface area contributed by atoms with Crippen molar-refractivity contribution in [2.45, 2.75) is 43.3 Å². The summed E-state index contributed by atoms with van der Waals surface area (Å²) in [6.45, 7) is 6.51. The molecule has 3 aromatic carbocycles. The van der Waals surface area contributed by atoms with Crippen molar-refractivity contribution in [3.63, 3.8) is 0 Å². The molecule has 5 rings (SSSR count). The number of anilines is 1. The van der Waals surface area contributed by atoms with Crippen LogP contribution in [0.2, 0.25) is 0 Å². The van der Waals surface area contributed by atoms with E-state index in [1.54, 1.807) is 24.3 Å². The molecule has 1 atom stereocenters. The smallest absolute Gasteiger partial charge is 0.301 e. The van der Waals surface area contributed by atoms with Gasteiger partial charge in [0.1, 0.15) is 11.5 Å². The highest BCUT2D eigenvalue weighted by molar-refractivity contribution is 8.00. The van der Waals surface area contributed by atoms with E-state index in [0.717, 1.165) is 17.5 Å². The SMILES string of the molecule is CCOc1ccc(/C(O)=C2/C(=O)C(=O)N(c3nnc(SCc4ccc(C)cc4)s3)C2c2ccc(CC)cc2)cc1. The second-order valence-electron chi connectivity index (χ2n) is 9.35. The predicted octanol–water partition coefficient (Wildman–Crippen LogP) is 6.73. The van der Waals surface area contributed by atoms with Crippen molar-refractivity contribution < 1.29 is 19.4 Å². The second kappa shape index (κ2) is 12.1. The number of aliphatic hydroxyl groups is 1. The van der Waals surface area contributed by atoms with Gasteiger partial charge < -0.3 is 9.84 Å². The molecule has 1 saturated heterocycles. The van der Waals surface area contributed by atoms with Crippen LogP contribution in [-0.2, 0) is 21.8 Å². The number of Topliss-reactive ketones (excluding diaryl/α,β-unsaturated/α-hetero) is 1. The molecule has 1 aliphatic rings. The predicted molar refractivity (Wildman–Crippen MR) is 159 cm³/mol. The molecule has 0 spiro atoms. The minimum absolute atomic E-state index is 0.0162. The van der Waals surface area contributed by atoms with E-state index < -0.39 is 17.7 Å². The number of amides is 1. The number of ketones is 1. The molecule has 9 heteroatoms. The topological polar surface area (TPSA) is 92.6 Å². The van der Waals surface area contributed by atoms with E-state index in [-0.39, 0.29) is 11.3 Å². The van der Waals surface area contributed by atoms with Gasteiger partial charge in [0.2, 0.25) is 5.13 Å². The zero-order valence-electron chi connectivity index (χ0n) is 22.5. The van der Waals surface area contributed by atoms with Gasteiger partial charge in [0.15, 0.2) is 4.34 Å². The molecule has 1 unspecified atom stereocenters. The van der Waals surface area contributed by atoms with Gasteiger partial charge in [-0.2, -0.15) is 0 Å². The number of aryl methyl sites for hydroxylation is 2. The lowest BCUT2D eigenvalue weighted by Crippen LogP contribution is -2.29. The first kappa shape index (κ1) is 27.6. The Bertz CT molecular complexity index is 1540. The number of carbonyl (C=O) groups excluding carboxylic acids is 2. The molecule has 1 amide bonds. The molecule has 0 saturated carbocycles. The van der Waals surface area contributed by atoms with Crippen LogP contribution in [0.5, 0.6) is 5.75 Å². The fourth-order valence-corrected chi connectivity index (χ4v) is 6.32. The number of hydrogen-bond acceptors (Lipinski definition) is 8. The summed E-state index contributed by atoms with van der Waals surface area (Å²) in [7, 11) is 0. The molecule has 204 valence electrons. The van der Waals surface area contributed by atoms with E-state index in [1.807, 2.05) is 38.1 Å². The second-order valence-corrected chi connectivity index (χ2v) is 11.5. The summed E-state index contributed by atoms with van der Waals surface area (Å²) >= 11 is 2.78. The van der Waals surface area contributed by atoms with Gasteiger partial charge in [-0.1, -0.05) is 84.1 Å². The van der Waals surface area contributed by atoms with E-state index in [0.29, 0.717) is 38.7 Å². The van der Waals surface area contributed by atoms with Crippen LogP contribution in [-0.4, -0.2) is 33.6 Å². The van der Waals surface area contributed by atoms with Crippen molar-refractivity contribution in [2.24, 2.45) is 0 Å². The van der Waals surface area contributed by atoms with Crippen LogP contribution >= 0.6 is 23.1 Å². The van der Waals surface area contributed by atoms with Crippen LogP contribution < -0.4 is 9.64 Å². The number of carbonyl (C=O) groups is 2. The molecular weight excluding hydrogens is 542 g/mol. The number of aromatic nitrogens is 2. The van der Waals surface area contributed by atoms with Crippen molar-refractivity contribution in [1.82, 2.24) is 10.2 Å². The molecule has 7 nitrogen and oxygen atoms in total. The van der Waals surface area contributed by atoms with Crippen LogP contribution in [0, 0.1) is 6.92 Å². The zero-order chi connectivity index (χ0) is 28.2. The lowest BCUT2D eigenvalue weighted by Gasteiger charge is -2.22. The van der Waals surface area contributed by atoms with Crippen LogP contribution in [0.3, 0.4) is 0 Å². The summed E-state index contributed by atoms with van der Waals surface area (Å²) in [6, 6.07) is 21.9. The number of nitrogens with zero attached hydrogens (tertiary/aromatic N) is 3. The monoisotopic (exact) mass is 571 g/mol. The number of aliphatic hydroxyl groups excluding tert-OH is 1. The summed E-state index contributed by atoms with van der Waals surface area (Å²) in [5.41, 5.74) is 4.61. The molecule has 2 heterocycles. The maximum Gasteiger partial charge on any atom is 0.301 e. The quantitative estimate of drug-likeness (QED) is 0.0783. The third-order valence-electron chi connectivity index (χ3n) is 6.67. The Labute approximate surface area is 241 Å². The lowest BCUT2D eigenvalue weighted by molar-refractivity contribution is -0.132. The number of hydrogen-bond donors (Lipinski definition) is 1. The molecule has 1 aromatic heterocycles. The molecule has 0 aliphatic carbocycles. The third kappa shape index (κ3) is 5.66. The number of benzene rings is 3. The highest BCUT2D eigenvalue weighted by atomic mass is 32.2. The third-order valence-corrected chi connectivity index (χ3v) is 8.80. The Kier molecular flexibility index (Phi) is 8.32. The van der Waals surface area contributed by atoms with Gasteiger partial charge in [-0.15, -0.1) is 10.2 Å². The molecule has 1 aliphatic heterocycles. The minimum atomic E-state index is -0.847. The molecule has 1 N–H and O–H groups in total. The van der Waals surface area contributed by atoms with Crippen molar-refractivity contribution in [3.05, 3.63) is 106 Å². The summed E-state index contributed by atoms with van der Waals surface area (Å²) in [4.78, 5) is 28.3. The van der Waals surface area contributed by atoms with Gasteiger partial charge in [-0.05, 0) is 61.2 Å². The largest absolute Gasteiger partial charge is 0.507 e. The van der Waals surface area contributed by atoms with Crippen molar-refractivity contribution >= 4 is 45.7 Å². The summed E-state index contributed by atoms with van der Waals surface area (Å²) in [5.74, 6) is -0.404. The Morgan fingerprint density at radius 2 is 1.62 bits per heavy atom. The zero-order valence-corrected chi connectivity index (χ0v) is 24.1. The highest BCUT2D eigenvalue weighted by Crippen LogP contribution is 2.44. The van der Waals surface area contributed by atoms with Crippen LogP contribution in [0.25, 0.3) is 5.76 Å². The van der Waals surface area contributed by atoms with E-state index in [2.05, 4.69) is 41.4 Å². The van der Waals surface area contributed by atoms with Crippen molar-refractivity contribution in [3.8, 4) is 5.75 Å². The average molecular weight is 572 g/mol. The Hall–Kier alpha value is -3.95. The number of ether oxygens (including phenoxy) is 1. The molecular formula is C31H29N3O4S2. The lowest BCUT2D eigenvalue weighted by atomic mass is 9.94. The van der Waals surface area contributed by atoms with E-state index >= 15 is 0 Å². The fraction of sp³-hybridized carbons (Fsp3) is 0.226. The Balaban J connectivity index is 1.52. The normalized spacial score (nSPS) is 16.5. The first-order valence-corrected chi connectivity index (χ1v) is 14.8.